The molecule has 2 aliphatic rings. The van der Waals surface area contributed by atoms with E-state index in [1.165, 1.54) is 0 Å². The fourth-order valence-electron chi connectivity index (χ4n) is 4.32. The molecule has 1 saturated carbocycles. The van der Waals surface area contributed by atoms with Crippen molar-refractivity contribution in [3.63, 3.8) is 0 Å². The second kappa shape index (κ2) is 7.89. The fourth-order valence-corrected chi connectivity index (χ4v) is 4.57. The van der Waals surface area contributed by atoms with Gasteiger partial charge in [-0.3, -0.25) is 4.79 Å². The van der Waals surface area contributed by atoms with Crippen molar-refractivity contribution in [1.29, 1.82) is 0 Å². The van der Waals surface area contributed by atoms with E-state index in [-0.39, 0.29) is 42.9 Å². The molecule has 1 aliphatic heterocycles. The first-order valence-electron chi connectivity index (χ1n) is 10.0. The number of pyridine rings is 1. The number of hydrogen-bond donors (Lipinski definition) is 2. The Kier molecular flexibility index (Phi) is 5.57. The summed E-state index contributed by atoms with van der Waals surface area (Å²) in [5.74, 6) is -2.88. The molecular weight excluding hydrogens is 419 g/mol. The largest absolute Gasteiger partial charge is 0.388 e. The minimum atomic E-state index is -2.94. The lowest BCUT2D eigenvalue weighted by Gasteiger charge is -2.36. The minimum absolute atomic E-state index is 0.171. The average molecular weight is 442 g/mol. The highest BCUT2D eigenvalue weighted by Gasteiger charge is 2.44. The highest BCUT2D eigenvalue weighted by molar-refractivity contribution is 6.35. The molecule has 162 valence electrons. The van der Waals surface area contributed by atoms with Gasteiger partial charge in [0.15, 0.2) is 0 Å². The molecule has 0 spiro atoms. The monoisotopic (exact) mass is 441 g/mol. The fraction of sp³-hybridized carbons (Fsp3) is 0.524. The van der Waals surface area contributed by atoms with Crippen LogP contribution >= 0.6 is 11.6 Å². The van der Waals surface area contributed by atoms with Gasteiger partial charge in [0.25, 0.3) is 11.8 Å². The van der Waals surface area contributed by atoms with Crippen molar-refractivity contribution in [2.24, 2.45) is 0 Å². The smallest absolute Gasteiger partial charge is 0.253 e. The maximum atomic E-state index is 13.7. The van der Waals surface area contributed by atoms with Gasteiger partial charge in [0.2, 0.25) is 0 Å². The van der Waals surface area contributed by atoms with E-state index in [1.54, 1.807) is 24.3 Å². The van der Waals surface area contributed by atoms with Gasteiger partial charge in [-0.15, -0.1) is 0 Å². The molecular formula is C21H23ClF3N3O2. The number of anilines is 1. The number of carbonyl (C=O) groups is 1. The Morgan fingerprint density at radius 2 is 2.10 bits per heavy atom. The summed E-state index contributed by atoms with van der Waals surface area (Å²) < 4.78 is 40.9. The predicted molar refractivity (Wildman–Crippen MR) is 109 cm³/mol. The van der Waals surface area contributed by atoms with Crippen molar-refractivity contribution in [3.8, 4) is 0 Å². The van der Waals surface area contributed by atoms with Gasteiger partial charge in [-0.25, -0.2) is 18.2 Å². The number of rotatable bonds is 4. The first-order valence-corrected chi connectivity index (χ1v) is 10.4. The Bertz CT molecular complexity index is 974. The number of fused-ring (bicyclic) bond motifs is 1. The van der Waals surface area contributed by atoms with Crippen LogP contribution in [-0.2, 0) is 0 Å². The SMILES string of the molecule is O=C(NC[C@]1(O)CCCC(F)(F)C1)c1c(Cl)ccc2nc(N3CC[C@@H](F)C3)ccc12. The van der Waals surface area contributed by atoms with Crippen LogP contribution in [0.1, 0.15) is 42.5 Å². The average Bonchev–Trinajstić information content (AvgIpc) is 3.11. The zero-order valence-corrected chi connectivity index (χ0v) is 17.1. The first kappa shape index (κ1) is 21.2. The Labute approximate surface area is 177 Å². The quantitative estimate of drug-likeness (QED) is 0.749. The summed E-state index contributed by atoms with van der Waals surface area (Å²) in [4.78, 5) is 19.2. The molecule has 2 aromatic rings. The zero-order chi connectivity index (χ0) is 21.5. The number of benzene rings is 1. The van der Waals surface area contributed by atoms with E-state index in [1.807, 2.05) is 4.90 Å². The molecule has 1 aromatic carbocycles. The van der Waals surface area contributed by atoms with Gasteiger partial charge < -0.3 is 15.3 Å². The predicted octanol–water partition coefficient (Wildman–Crippen LogP) is 4.11. The van der Waals surface area contributed by atoms with Crippen LogP contribution in [-0.4, -0.2) is 53.3 Å². The molecule has 2 atom stereocenters. The van der Waals surface area contributed by atoms with Gasteiger partial charge >= 0.3 is 0 Å². The summed E-state index contributed by atoms with van der Waals surface area (Å²) in [6.45, 7) is 0.567. The summed E-state index contributed by atoms with van der Waals surface area (Å²) in [5, 5.41) is 13.7. The summed E-state index contributed by atoms with van der Waals surface area (Å²) in [5.41, 5.74) is -0.963. The van der Waals surface area contributed by atoms with Crippen LogP contribution in [0.25, 0.3) is 10.9 Å². The van der Waals surface area contributed by atoms with Gasteiger partial charge in [-0.2, -0.15) is 0 Å². The molecule has 1 aliphatic carbocycles. The number of alkyl halides is 3. The van der Waals surface area contributed by atoms with Crippen molar-refractivity contribution in [3.05, 3.63) is 34.9 Å². The number of amides is 1. The third-order valence-electron chi connectivity index (χ3n) is 5.84. The maximum absolute atomic E-state index is 13.7. The lowest BCUT2D eigenvalue weighted by molar-refractivity contribution is -0.121. The van der Waals surface area contributed by atoms with Gasteiger partial charge in [0, 0.05) is 31.3 Å². The van der Waals surface area contributed by atoms with Crippen LogP contribution in [0.3, 0.4) is 0 Å². The second-order valence-electron chi connectivity index (χ2n) is 8.28. The van der Waals surface area contributed by atoms with E-state index in [9.17, 15) is 23.1 Å². The molecule has 0 bridgehead atoms. The summed E-state index contributed by atoms with van der Waals surface area (Å²) in [6, 6.07) is 6.63. The third-order valence-corrected chi connectivity index (χ3v) is 6.15. The lowest BCUT2D eigenvalue weighted by atomic mass is 9.82. The molecule has 0 radical (unpaired) electrons. The summed E-state index contributed by atoms with van der Waals surface area (Å²) >= 11 is 6.25. The molecule has 4 rings (SSSR count). The molecule has 2 heterocycles. The van der Waals surface area contributed by atoms with Crippen molar-refractivity contribution in [1.82, 2.24) is 10.3 Å². The topological polar surface area (TPSA) is 65.5 Å². The molecule has 0 unspecified atom stereocenters. The Morgan fingerprint density at radius 3 is 2.80 bits per heavy atom. The highest BCUT2D eigenvalue weighted by Crippen LogP contribution is 2.39. The number of aliphatic hydroxyl groups is 1. The normalized spacial score (nSPS) is 26.2. The van der Waals surface area contributed by atoms with E-state index in [0.29, 0.717) is 29.7 Å². The van der Waals surface area contributed by atoms with Crippen LogP contribution in [0.15, 0.2) is 24.3 Å². The molecule has 30 heavy (non-hydrogen) atoms. The van der Waals surface area contributed by atoms with E-state index in [4.69, 9.17) is 11.6 Å². The summed E-state index contributed by atoms with van der Waals surface area (Å²) in [6.07, 6.45) is -0.977. The third kappa shape index (κ3) is 4.34. The Balaban J connectivity index is 1.55. The van der Waals surface area contributed by atoms with Crippen LogP contribution in [0.5, 0.6) is 0 Å². The molecule has 1 amide bonds. The number of aromatic nitrogens is 1. The molecule has 9 heteroatoms. The van der Waals surface area contributed by atoms with Gasteiger partial charge in [0.1, 0.15) is 12.0 Å². The van der Waals surface area contributed by atoms with Crippen molar-refractivity contribution in [2.45, 2.75) is 49.8 Å². The number of nitrogens with one attached hydrogen (secondary N) is 1. The van der Waals surface area contributed by atoms with E-state index < -0.39 is 30.0 Å². The van der Waals surface area contributed by atoms with Crippen LogP contribution in [0.2, 0.25) is 5.02 Å². The number of nitrogens with zero attached hydrogens (tertiary/aromatic N) is 2. The van der Waals surface area contributed by atoms with Gasteiger partial charge in [-0.1, -0.05) is 11.6 Å². The van der Waals surface area contributed by atoms with Crippen molar-refractivity contribution < 1.29 is 23.1 Å². The molecule has 1 aromatic heterocycles. The Hall–Kier alpha value is -2.06. The molecule has 5 nitrogen and oxygen atoms in total. The van der Waals surface area contributed by atoms with Crippen molar-refractivity contribution >= 4 is 34.2 Å². The first-order chi connectivity index (χ1) is 14.2. The molecule has 2 fully saturated rings. The van der Waals surface area contributed by atoms with Gasteiger partial charge in [0.05, 0.1) is 28.2 Å². The highest BCUT2D eigenvalue weighted by atomic mass is 35.5. The number of hydrogen-bond acceptors (Lipinski definition) is 4. The maximum Gasteiger partial charge on any atom is 0.253 e. The van der Waals surface area contributed by atoms with Crippen LogP contribution in [0, 0.1) is 0 Å². The molecule has 2 N–H and O–H groups in total. The minimum Gasteiger partial charge on any atom is -0.388 e. The molecule has 1 saturated heterocycles. The van der Waals surface area contributed by atoms with Gasteiger partial charge in [-0.05, 0) is 43.5 Å². The van der Waals surface area contributed by atoms with Crippen LogP contribution < -0.4 is 10.2 Å². The lowest BCUT2D eigenvalue weighted by Crippen LogP contribution is -2.49. The Morgan fingerprint density at radius 1 is 1.30 bits per heavy atom. The number of halogens is 4. The van der Waals surface area contributed by atoms with E-state index in [2.05, 4.69) is 10.3 Å². The summed E-state index contributed by atoms with van der Waals surface area (Å²) in [7, 11) is 0. The number of carbonyl (C=O) groups excluding carboxylic acids is 1. The van der Waals surface area contributed by atoms with Crippen LogP contribution in [0.4, 0.5) is 19.0 Å². The second-order valence-corrected chi connectivity index (χ2v) is 8.69. The van der Waals surface area contributed by atoms with E-state index >= 15 is 0 Å². The standard InChI is InChI=1S/C21H23ClF3N3O2/c22-15-3-4-16-14(2-5-17(27-16)28-9-6-13(23)10-28)18(15)19(29)26-12-20(30)7-1-8-21(24,25)11-20/h2-5,13,30H,1,6-12H2,(H,26,29)/t13-,20+/m1/s1. The van der Waals surface area contributed by atoms with Crippen molar-refractivity contribution in [2.75, 3.05) is 24.5 Å². The zero-order valence-electron chi connectivity index (χ0n) is 16.3. The van der Waals surface area contributed by atoms with E-state index in [0.717, 1.165) is 0 Å².